The third-order valence-corrected chi connectivity index (χ3v) is 3.70. The first-order chi connectivity index (χ1) is 10.2. The molecule has 2 N–H and O–H groups in total. The van der Waals surface area contributed by atoms with Crippen molar-refractivity contribution in [1.29, 1.82) is 0 Å². The van der Waals surface area contributed by atoms with Gasteiger partial charge in [0.1, 0.15) is 0 Å². The van der Waals surface area contributed by atoms with Gasteiger partial charge in [-0.05, 0) is 18.9 Å². The Kier molecular flexibility index (Phi) is 15.4. The minimum Gasteiger partial charge on any atom is -0.355 e. The molecular formula is C18H38N2O. The van der Waals surface area contributed by atoms with Crippen molar-refractivity contribution in [3.05, 3.63) is 0 Å². The van der Waals surface area contributed by atoms with E-state index in [1.807, 2.05) is 0 Å². The largest absolute Gasteiger partial charge is 0.355 e. The van der Waals surface area contributed by atoms with Crippen LogP contribution in [0.3, 0.4) is 0 Å². The molecule has 0 aromatic rings. The summed E-state index contributed by atoms with van der Waals surface area (Å²) in [6.45, 7) is 8.69. The van der Waals surface area contributed by atoms with Crippen LogP contribution < -0.4 is 10.6 Å². The van der Waals surface area contributed by atoms with Gasteiger partial charge in [-0.25, -0.2) is 0 Å². The fourth-order valence-corrected chi connectivity index (χ4v) is 2.32. The topological polar surface area (TPSA) is 41.1 Å². The number of unbranched alkanes of at least 4 members (excludes halogenated alkanes) is 9. The Morgan fingerprint density at radius 1 is 0.857 bits per heavy atom. The summed E-state index contributed by atoms with van der Waals surface area (Å²) in [4.78, 5) is 11.5. The molecule has 0 heterocycles. The highest BCUT2D eigenvalue weighted by Crippen LogP contribution is 2.10. The lowest BCUT2D eigenvalue weighted by atomic mass is 10.1. The third kappa shape index (κ3) is 17.4. The van der Waals surface area contributed by atoms with E-state index in [1.54, 1.807) is 0 Å². The number of carbonyl (C=O) groups is 1. The van der Waals surface area contributed by atoms with Crippen molar-refractivity contribution in [2.24, 2.45) is 5.92 Å². The molecule has 0 atom stereocenters. The van der Waals surface area contributed by atoms with Gasteiger partial charge in [0.15, 0.2) is 0 Å². The van der Waals surface area contributed by atoms with Crippen LogP contribution in [0.25, 0.3) is 0 Å². The normalized spacial score (nSPS) is 11.0. The minimum absolute atomic E-state index is 0.121. The smallest absolute Gasteiger partial charge is 0.233 e. The maximum atomic E-state index is 11.5. The number of carbonyl (C=O) groups excluding carboxylic acids is 1. The molecule has 1 amide bonds. The summed E-state index contributed by atoms with van der Waals surface area (Å²) in [5.41, 5.74) is 0. The van der Waals surface area contributed by atoms with E-state index < -0.39 is 0 Å². The summed E-state index contributed by atoms with van der Waals surface area (Å²) in [5, 5.41) is 6.14. The third-order valence-electron chi connectivity index (χ3n) is 3.70. The molecule has 0 radical (unpaired) electrons. The molecule has 126 valence electrons. The van der Waals surface area contributed by atoms with Gasteiger partial charge in [-0.15, -0.1) is 0 Å². The Balaban J connectivity index is 3.10. The molecule has 3 heteroatoms. The SMILES string of the molecule is CCCCCCCCCCCCNCC(=O)NCC(C)C. The van der Waals surface area contributed by atoms with Crippen LogP contribution in [0.5, 0.6) is 0 Å². The van der Waals surface area contributed by atoms with Crippen molar-refractivity contribution in [2.45, 2.75) is 85.0 Å². The van der Waals surface area contributed by atoms with E-state index in [9.17, 15) is 4.79 Å². The van der Waals surface area contributed by atoms with E-state index in [-0.39, 0.29) is 5.91 Å². The van der Waals surface area contributed by atoms with Crippen LogP contribution >= 0.6 is 0 Å². The standard InChI is InChI=1S/C18H38N2O/c1-4-5-6-7-8-9-10-11-12-13-14-19-16-18(21)20-15-17(2)3/h17,19H,4-16H2,1-3H3,(H,20,21). The Bertz CT molecular complexity index is 229. The number of amides is 1. The monoisotopic (exact) mass is 298 g/mol. The van der Waals surface area contributed by atoms with E-state index in [0.717, 1.165) is 13.1 Å². The molecule has 0 aliphatic carbocycles. The minimum atomic E-state index is 0.121. The molecule has 0 aliphatic heterocycles. The van der Waals surface area contributed by atoms with Crippen LogP contribution in [0.1, 0.15) is 85.0 Å². The molecule has 0 bridgehead atoms. The van der Waals surface area contributed by atoms with Crippen molar-refractivity contribution in [3.8, 4) is 0 Å². The molecule has 3 nitrogen and oxygen atoms in total. The van der Waals surface area contributed by atoms with Gasteiger partial charge in [-0.3, -0.25) is 4.79 Å². The first-order valence-electron chi connectivity index (χ1n) is 9.14. The van der Waals surface area contributed by atoms with Crippen molar-refractivity contribution in [2.75, 3.05) is 19.6 Å². The van der Waals surface area contributed by atoms with Gasteiger partial charge >= 0.3 is 0 Å². The number of hydrogen-bond donors (Lipinski definition) is 2. The van der Waals surface area contributed by atoms with Gasteiger partial charge in [0.2, 0.25) is 5.91 Å². The first-order valence-corrected chi connectivity index (χ1v) is 9.14. The maximum Gasteiger partial charge on any atom is 0.233 e. The highest BCUT2D eigenvalue weighted by molar-refractivity contribution is 5.77. The van der Waals surface area contributed by atoms with Crippen LogP contribution in [0.2, 0.25) is 0 Å². The zero-order valence-corrected chi connectivity index (χ0v) is 14.7. The van der Waals surface area contributed by atoms with E-state index >= 15 is 0 Å². The molecular weight excluding hydrogens is 260 g/mol. The quantitative estimate of drug-likeness (QED) is 0.443. The molecule has 0 unspecified atom stereocenters. The van der Waals surface area contributed by atoms with E-state index in [0.29, 0.717) is 12.5 Å². The second-order valence-electron chi connectivity index (χ2n) is 6.56. The zero-order valence-electron chi connectivity index (χ0n) is 14.7. The zero-order chi connectivity index (χ0) is 15.8. The van der Waals surface area contributed by atoms with E-state index in [1.165, 1.54) is 64.2 Å². The van der Waals surface area contributed by atoms with Crippen LogP contribution in [-0.2, 0) is 4.79 Å². The lowest BCUT2D eigenvalue weighted by Crippen LogP contribution is -2.36. The summed E-state index contributed by atoms with van der Waals surface area (Å²) in [7, 11) is 0. The Morgan fingerprint density at radius 2 is 1.38 bits per heavy atom. The van der Waals surface area contributed by atoms with Crippen LogP contribution in [0, 0.1) is 5.92 Å². The lowest BCUT2D eigenvalue weighted by molar-refractivity contribution is -0.120. The molecule has 21 heavy (non-hydrogen) atoms. The summed E-state index contributed by atoms with van der Waals surface area (Å²) >= 11 is 0. The van der Waals surface area contributed by atoms with Gasteiger partial charge in [0.25, 0.3) is 0 Å². The molecule has 0 rings (SSSR count). The summed E-state index contributed by atoms with van der Waals surface area (Å²) in [5.74, 6) is 0.645. The average Bonchev–Trinajstić information content (AvgIpc) is 2.46. The average molecular weight is 299 g/mol. The van der Waals surface area contributed by atoms with Crippen molar-refractivity contribution in [1.82, 2.24) is 10.6 Å². The second kappa shape index (κ2) is 15.8. The Morgan fingerprint density at radius 3 is 1.90 bits per heavy atom. The molecule has 0 aliphatic rings. The molecule has 0 fully saturated rings. The molecule has 0 aromatic heterocycles. The summed E-state index contributed by atoms with van der Waals surface area (Å²) in [6, 6.07) is 0. The highest BCUT2D eigenvalue weighted by Gasteiger charge is 2.00. The van der Waals surface area contributed by atoms with Crippen molar-refractivity contribution in [3.63, 3.8) is 0 Å². The lowest BCUT2D eigenvalue weighted by Gasteiger charge is -2.08. The van der Waals surface area contributed by atoms with Crippen LogP contribution in [-0.4, -0.2) is 25.5 Å². The summed E-state index contributed by atoms with van der Waals surface area (Å²) < 4.78 is 0. The second-order valence-corrected chi connectivity index (χ2v) is 6.56. The van der Waals surface area contributed by atoms with Gasteiger partial charge in [0.05, 0.1) is 6.54 Å². The van der Waals surface area contributed by atoms with Gasteiger partial charge in [0, 0.05) is 6.54 Å². The van der Waals surface area contributed by atoms with E-state index in [2.05, 4.69) is 31.4 Å². The highest BCUT2D eigenvalue weighted by atomic mass is 16.1. The molecule has 0 saturated heterocycles. The van der Waals surface area contributed by atoms with Crippen LogP contribution in [0.15, 0.2) is 0 Å². The predicted molar refractivity (Wildman–Crippen MR) is 92.6 cm³/mol. The van der Waals surface area contributed by atoms with Crippen LogP contribution in [0.4, 0.5) is 0 Å². The van der Waals surface area contributed by atoms with Gasteiger partial charge in [-0.1, -0.05) is 78.6 Å². The Labute approximate surface area is 132 Å². The maximum absolute atomic E-state index is 11.5. The number of nitrogens with one attached hydrogen (secondary N) is 2. The fourth-order valence-electron chi connectivity index (χ4n) is 2.32. The fraction of sp³-hybridized carbons (Fsp3) is 0.944. The number of rotatable bonds is 15. The molecule has 0 spiro atoms. The predicted octanol–water partition coefficient (Wildman–Crippen LogP) is 4.27. The van der Waals surface area contributed by atoms with Gasteiger partial charge < -0.3 is 10.6 Å². The first kappa shape index (κ1) is 20.4. The number of hydrogen-bond acceptors (Lipinski definition) is 2. The van der Waals surface area contributed by atoms with Gasteiger partial charge in [-0.2, -0.15) is 0 Å². The molecule has 0 aromatic carbocycles. The van der Waals surface area contributed by atoms with Crippen molar-refractivity contribution >= 4 is 5.91 Å². The van der Waals surface area contributed by atoms with Crippen molar-refractivity contribution < 1.29 is 4.79 Å². The summed E-state index contributed by atoms with van der Waals surface area (Å²) in [6.07, 6.45) is 13.6. The molecule has 0 saturated carbocycles. The van der Waals surface area contributed by atoms with E-state index in [4.69, 9.17) is 0 Å². The Hall–Kier alpha value is -0.570.